The van der Waals surface area contributed by atoms with Crippen LogP contribution < -0.4 is 5.73 Å². The molecule has 0 amide bonds. The molecule has 102 valence electrons. The summed E-state index contributed by atoms with van der Waals surface area (Å²) < 4.78 is 4.98. The number of terminal acetylenes is 1. The van der Waals surface area contributed by atoms with Crippen LogP contribution in [0, 0.1) is 12.3 Å². The quantitative estimate of drug-likeness (QED) is 0.692. The number of hydrogen-bond acceptors (Lipinski definition) is 4. The van der Waals surface area contributed by atoms with Crippen molar-refractivity contribution in [2.24, 2.45) is 0 Å². The van der Waals surface area contributed by atoms with E-state index in [1.165, 1.54) is 16.9 Å². The van der Waals surface area contributed by atoms with Crippen LogP contribution in [0.1, 0.15) is 22.8 Å². The highest BCUT2D eigenvalue weighted by molar-refractivity contribution is 7.14. The van der Waals surface area contributed by atoms with E-state index in [4.69, 9.17) is 16.9 Å². The van der Waals surface area contributed by atoms with Gasteiger partial charge in [0.05, 0.1) is 0 Å². The van der Waals surface area contributed by atoms with Gasteiger partial charge in [-0.25, -0.2) is 4.79 Å². The number of carbonyl (C=O) groups is 1. The number of thiophene rings is 1. The Morgan fingerprint density at radius 2 is 2.10 bits per heavy atom. The molecule has 0 aliphatic carbocycles. The van der Waals surface area contributed by atoms with E-state index in [0.29, 0.717) is 10.6 Å². The standard InChI is InChI=1S/C16H15NO2S/c1-3-9-19-16(18)14-13(10-20-15(14)17)12-7-5-11(4-2)6-8-12/h1,5-8,10H,4,9,17H2,2H3. The highest BCUT2D eigenvalue weighted by Gasteiger charge is 2.19. The third-order valence-electron chi connectivity index (χ3n) is 2.98. The van der Waals surface area contributed by atoms with Crippen LogP contribution in [0.15, 0.2) is 29.6 Å². The molecule has 0 aliphatic rings. The molecule has 20 heavy (non-hydrogen) atoms. The first-order chi connectivity index (χ1) is 9.67. The van der Waals surface area contributed by atoms with Crippen LogP contribution in [-0.4, -0.2) is 12.6 Å². The molecule has 0 aliphatic heterocycles. The number of ether oxygens (including phenoxy) is 1. The van der Waals surface area contributed by atoms with Gasteiger partial charge in [-0.05, 0) is 17.5 Å². The smallest absolute Gasteiger partial charge is 0.342 e. The predicted molar refractivity (Wildman–Crippen MR) is 82.7 cm³/mol. The monoisotopic (exact) mass is 285 g/mol. The van der Waals surface area contributed by atoms with Crippen LogP contribution in [0.2, 0.25) is 0 Å². The maximum absolute atomic E-state index is 12.0. The molecule has 1 aromatic heterocycles. The fraction of sp³-hybridized carbons (Fsp3) is 0.188. The van der Waals surface area contributed by atoms with Gasteiger partial charge in [-0.15, -0.1) is 17.8 Å². The number of hydrogen-bond donors (Lipinski definition) is 1. The van der Waals surface area contributed by atoms with E-state index in [0.717, 1.165) is 17.5 Å². The molecule has 0 saturated carbocycles. The second-order valence-corrected chi connectivity index (χ2v) is 5.13. The summed E-state index contributed by atoms with van der Waals surface area (Å²) in [5.74, 6) is 1.80. The van der Waals surface area contributed by atoms with Gasteiger partial charge < -0.3 is 10.5 Å². The Bertz CT molecular complexity index is 650. The molecular formula is C16H15NO2S. The van der Waals surface area contributed by atoms with Gasteiger partial charge in [0, 0.05) is 10.9 Å². The molecule has 2 rings (SSSR count). The van der Waals surface area contributed by atoms with Gasteiger partial charge in [-0.3, -0.25) is 0 Å². The van der Waals surface area contributed by atoms with Crippen LogP contribution >= 0.6 is 11.3 Å². The van der Waals surface area contributed by atoms with Crippen molar-refractivity contribution in [3.63, 3.8) is 0 Å². The van der Waals surface area contributed by atoms with E-state index in [1.54, 1.807) is 0 Å². The molecule has 0 atom stereocenters. The van der Waals surface area contributed by atoms with Crippen molar-refractivity contribution in [3.05, 3.63) is 40.8 Å². The van der Waals surface area contributed by atoms with E-state index < -0.39 is 5.97 Å². The fourth-order valence-electron chi connectivity index (χ4n) is 1.90. The predicted octanol–water partition coefficient (Wildman–Crippen LogP) is 3.35. The molecule has 2 aromatic rings. The van der Waals surface area contributed by atoms with Crippen LogP contribution in [-0.2, 0) is 11.2 Å². The maximum atomic E-state index is 12.0. The number of nitrogens with two attached hydrogens (primary N) is 1. The first-order valence-corrected chi connectivity index (χ1v) is 7.12. The summed E-state index contributed by atoms with van der Waals surface area (Å²) in [4.78, 5) is 12.0. The van der Waals surface area contributed by atoms with E-state index in [-0.39, 0.29) is 6.61 Å². The summed E-state index contributed by atoms with van der Waals surface area (Å²) in [5.41, 5.74) is 9.25. The molecule has 4 heteroatoms. The summed E-state index contributed by atoms with van der Waals surface area (Å²) in [7, 11) is 0. The second kappa shape index (κ2) is 6.27. The average Bonchev–Trinajstić information content (AvgIpc) is 2.86. The zero-order chi connectivity index (χ0) is 14.5. The average molecular weight is 285 g/mol. The first-order valence-electron chi connectivity index (χ1n) is 6.24. The topological polar surface area (TPSA) is 52.3 Å². The minimum Gasteiger partial charge on any atom is -0.449 e. The second-order valence-electron chi connectivity index (χ2n) is 4.22. The Balaban J connectivity index is 2.37. The fourth-order valence-corrected chi connectivity index (χ4v) is 2.71. The normalized spacial score (nSPS) is 10.0. The summed E-state index contributed by atoms with van der Waals surface area (Å²) in [6.07, 6.45) is 6.07. The molecule has 0 unspecified atom stereocenters. The number of aryl methyl sites for hydroxylation is 1. The summed E-state index contributed by atoms with van der Waals surface area (Å²) in [6.45, 7) is 2.04. The molecule has 0 radical (unpaired) electrons. The molecule has 1 aromatic carbocycles. The minimum absolute atomic E-state index is 0.0532. The Morgan fingerprint density at radius 3 is 2.70 bits per heavy atom. The number of nitrogen functional groups attached to an aromatic ring is 1. The molecular weight excluding hydrogens is 270 g/mol. The number of esters is 1. The Hall–Kier alpha value is -2.25. The largest absolute Gasteiger partial charge is 0.449 e. The molecule has 0 fully saturated rings. The van der Waals surface area contributed by atoms with Crippen molar-refractivity contribution in [3.8, 4) is 23.5 Å². The number of benzene rings is 1. The Kier molecular flexibility index (Phi) is 4.44. The van der Waals surface area contributed by atoms with Crippen molar-refractivity contribution in [1.29, 1.82) is 0 Å². The van der Waals surface area contributed by atoms with Crippen molar-refractivity contribution in [2.75, 3.05) is 12.3 Å². The highest BCUT2D eigenvalue weighted by Crippen LogP contribution is 2.34. The van der Waals surface area contributed by atoms with E-state index in [2.05, 4.69) is 12.8 Å². The van der Waals surface area contributed by atoms with Crippen molar-refractivity contribution < 1.29 is 9.53 Å². The van der Waals surface area contributed by atoms with Crippen molar-refractivity contribution in [1.82, 2.24) is 0 Å². The van der Waals surface area contributed by atoms with E-state index >= 15 is 0 Å². The molecule has 1 heterocycles. The lowest BCUT2D eigenvalue weighted by Crippen LogP contribution is -2.07. The van der Waals surface area contributed by atoms with E-state index in [1.807, 2.05) is 29.6 Å². The van der Waals surface area contributed by atoms with Gasteiger partial charge in [0.2, 0.25) is 0 Å². The van der Waals surface area contributed by atoms with Gasteiger partial charge >= 0.3 is 5.97 Å². The molecule has 2 N–H and O–H groups in total. The summed E-state index contributed by atoms with van der Waals surface area (Å²) in [5, 5.41) is 2.31. The highest BCUT2D eigenvalue weighted by atomic mass is 32.1. The van der Waals surface area contributed by atoms with Gasteiger partial charge in [-0.2, -0.15) is 0 Å². The third-order valence-corrected chi connectivity index (χ3v) is 3.80. The summed E-state index contributed by atoms with van der Waals surface area (Å²) >= 11 is 1.32. The Morgan fingerprint density at radius 1 is 1.40 bits per heavy atom. The van der Waals surface area contributed by atoms with Crippen molar-refractivity contribution in [2.45, 2.75) is 13.3 Å². The molecule has 0 saturated heterocycles. The van der Waals surface area contributed by atoms with Gasteiger partial charge in [0.1, 0.15) is 10.6 Å². The minimum atomic E-state index is -0.476. The number of carbonyl (C=O) groups excluding carboxylic acids is 1. The third kappa shape index (κ3) is 2.84. The molecule has 3 nitrogen and oxygen atoms in total. The van der Waals surface area contributed by atoms with Crippen molar-refractivity contribution >= 4 is 22.3 Å². The van der Waals surface area contributed by atoms with Gasteiger partial charge in [0.15, 0.2) is 6.61 Å². The molecule has 0 bridgehead atoms. The summed E-state index contributed by atoms with van der Waals surface area (Å²) in [6, 6.07) is 8.05. The lowest BCUT2D eigenvalue weighted by atomic mass is 10.0. The lowest BCUT2D eigenvalue weighted by Gasteiger charge is -2.06. The maximum Gasteiger partial charge on any atom is 0.342 e. The van der Waals surface area contributed by atoms with Gasteiger partial charge in [-0.1, -0.05) is 37.1 Å². The SMILES string of the molecule is C#CCOC(=O)c1c(-c2ccc(CC)cc2)csc1N. The van der Waals surface area contributed by atoms with Crippen LogP contribution in [0.5, 0.6) is 0 Å². The van der Waals surface area contributed by atoms with Crippen LogP contribution in [0.3, 0.4) is 0 Å². The van der Waals surface area contributed by atoms with Gasteiger partial charge in [0.25, 0.3) is 0 Å². The van der Waals surface area contributed by atoms with Crippen LogP contribution in [0.4, 0.5) is 5.00 Å². The lowest BCUT2D eigenvalue weighted by molar-refractivity contribution is 0.0559. The Labute approximate surface area is 122 Å². The first kappa shape index (κ1) is 14.2. The number of anilines is 1. The molecule has 0 spiro atoms. The van der Waals surface area contributed by atoms with Crippen LogP contribution in [0.25, 0.3) is 11.1 Å². The van der Waals surface area contributed by atoms with E-state index in [9.17, 15) is 4.79 Å². The zero-order valence-electron chi connectivity index (χ0n) is 11.2. The zero-order valence-corrected chi connectivity index (χ0v) is 12.0. The number of rotatable bonds is 4.